The van der Waals surface area contributed by atoms with Crippen molar-refractivity contribution in [2.24, 2.45) is 0 Å². The third kappa shape index (κ3) is 5.98. The molecule has 168 valence electrons. The molecule has 1 fully saturated rings. The van der Waals surface area contributed by atoms with Crippen LogP contribution < -0.4 is 14.9 Å². The first kappa shape index (κ1) is 23.5. The van der Waals surface area contributed by atoms with E-state index in [0.717, 1.165) is 38.3 Å². The minimum absolute atomic E-state index is 0.146. The number of carbonyl (C=O) groups is 1. The van der Waals surface area contributed by atoms with Gasteiger partial charge in [-0.2, -0.15) is 0 Å². The molecule has 0 radical (unpaired) electrons. The van der Waals surface area contributed by atoms with Gasteiger partial charge in [0.2, 0.25) is 15.9 Å². The minimum atomic E-state index is -3.86. The molecule has 0 aliphatic carbocycles. The summed E-state index contributed by atoms with van der Waals surface area (Å²) in [7, 11) is -3.86. The molecule has 0 aromatic heterocycles. The second-order valence-electron chi connectivity index (χ2n) is 7.54. The highest BCUT2D eigenvalue weighted by Gasteiger charge is 2.27. The van der Waals surface area contributed by atoms with E-state index >= 15 is 0 Å². The quantitative estimate of drug-likeness (QED) is 0.587. The number of sulfonamides is 1. The first-order chi connectivity index (χ1) is 14.8. The average Bonchev–Trinajstić information content (AvgIpc) is 2.79. The molecule has 0 saturated carbocycles. The molecule has 2 aromatic rings. The molecule has 1 heterocycles. The molecule has 1 aliphatic heterocycles. The maximum atomic E-state index is 13.4. The summed E-state index contributed by atoms with van der Waals surface area (Å²) >= 11 is 5.59. The van der Waals surface area contributed by atoms with Crippen molar-refractivity contribution in [3.05, 3.63) is 54.1 Å². The van der Waals surface area contributed by atoms with Gasteiger partial charge in [0.25, 0.3) is 0 Å². The molecule has 2 aromatic carbocycles. The van der Waals surface area contributed by atoms with Crippen LogP contribution in [-0.2, 0) is 14.8 Å². The fourth-order valence-electron chi connectivity index (χ4n) is 3.67. The summed E-state index contributed by atoms with van der Waals surface area (Å²) in [5, 5.41) is 2.65. The zero-order valence-corrected chi connectivity index (χ0v) is 19.4. The van der Waals surface area contributed by atoms with Gasteiger partial charge in [0.15, 0.2) is 0 Å². The molecule has 1 aliphatic rings. The van der Waals surface area contributed by atoms with Gasteiger partial charge in [0, 0.05) is 37.9 Å². The Morgan fingerprint density at radius 3 is 2.39 bits per heavy atom. The number of anilines is 2. The fraction of sp³-hybridized carbons (Fsp3) is 0.409. The van der Waals surface area contributed by atoms with Crippen molar-refractivity contribution >= 4 is 38.9 Å². The summed E-state index contributed by atoms with van der Waals surface area (Å²) in [6, 6.07) is 14.0. The van der Waals surface area contributed by atoms with E-state index in [1.807, 2.05) is 37.3 Å². The summed E-state index contributed by atoms with van der Waals surface area (Å²) in [5.41, 5.74) is 1.90. The summed E-state index contributed by atoms with van der Waals surface area (Å²) in [6.07, 6.45) is 0. The molecule has 0 bridgehead atoms. The second-order valence-corrected chi connectivity index (χ2v) is 9.49. The highest BCUT2D eigenvalue weighted by molar-refractivity contribution is 7.89. The summed E-state index contributed by atoms with van der Waals surface area (Å²) in [4.78, 5) is 16.3. The largest absolute Gasteiger partial charge is 0.368 e. The summed E-state index contributed by atoms with van der Waals surface area (Å²) in [5.74, 6) is -0.591. The van der Waals surface area contributed by atoms with Gasteiger partial charge in [0.1, 0.15) is 10.8 Å². The number of likely N-dealkylation sites (N-methyl/N-ethyl adjacent to an activating group) is 1. The molecule has 7 nitrogen and oxygen atoms in total. The van der Waals surface area contributed by atoms with Crippen LogP contribution >= 0.6 is 11.6 Å². The lowest BCUT2D eigenvalue weighted by molar-refractivity contribution is -0.113. The van der Waals surface area contributed by atoms with Gasteiger partial charge < -0.3 is 15.1 Å². The molecular weight excluding hydrogens is 436 g/mol. The molecule has 2 N–H and O–H groups in total. The Morgan fingerprint density at radius 2 is 1.77 bits per heavy atom. The Balaban J connectivity index is 1.93. The van der Waals surface area contributed by atoms with Crippen molar-refractivity contribution in [3.63, 3.8) is 0 Å². The topological polar surface area (TPSA) is 81.8 Å². The zero-order chi connectivity index (χ0) is 22.4. The number of piperazine rings is 1. The van der Waals surface area contributed by atoms with E-state index in [1.54, 1.807) is 12.1 Å². The van der Waals surface area contributed by atoms with Crippen LogP contribution in [0, 0.1) is 0 Å². The SMILES string of the molecule is CCN1CCN(c2ccc(NC(=O)CCl)cc2S(=O)(=O)N[C@@H](C)c2ccccc2)CC1. The summed E-state index contributed by atoms with van der Waals surface area (Å²) in [6.45, 7) is 8.11. The van der Waals surface area contributed by atoms with Gasteiger partial charge in [-0.15, -0.1) is 11.6 Å². The first-order valence-electron chi connectivity index (χ1n) is 10.4. The number of nitrogens with one attached hydrogen (secondary N) is 2. The predicted octanol–water partition coefficient (Wildman–Crippen LogP) is 3.05. The number of hydrogen-bond donors (Lipinski definition) is 2. The van der Waals surface area contributed by atoms with Crippen LogP contribution in [0.5, 0.6) is 0 Å². The van der Waals surface area contributed by atoms with Crippen molar-refractivity contribution < 1.29 is 13.2 Å². The van der Waals surface area contributed by atoms with Crippen molar-refractivity contribution in [2.45, 2.75) is 24.8 Å². The van der Waals surface area contributed by atoms with E-state index in [2.05, 4.69) is 26.8 Å². The predicted molar refractivity (Wildman–Crippen MR) is 125 cm³/mol. The number of nitrogens with zero attached hydrogens (tertiary/aromatic N) is 2. The molecule has 1 saturated heterocycles. The Hall–Kier alpha value is -2.13. The van der Waals surface area contributed by atoms with Gasteiger partial charge >= 0.3 is 0 Å². The number of amides is 1. The molecule has 1 amide bonds. The number of hydrogen-bond acceptors (Lipinski definition) is 5. The fourth-order valence-corrected chi connectivity index (χ4v) is 5.22. The molecule has 0 spiro atoms. The third-order valence-electron chi connectivity index (χ3n) is 5.45. The van der Waals surface area contributed by atoms with Crippen LogP contribution in [0.3, 0.4) is 0 Å². The Kier molecular flexibility index (Phi) is 7.94. The van der Waals surface area contributed by atoms with Crippen molar-refractivity contribution in [1.82, 2.24) is 9.62 Å². The lowest BCUT2D eigenvalue weighted by atomic mass is 10.1. The highest BCUT2D eigenvalue weighted by Crippen LogP contribution is 2.30. The van der Waals surface area contributed by atoms with E-state index < -0.39 is 16.1 Å². The number of rotatable bonds is 8. The number of halogens is 1. The minimum Gasteiger partial charge on any atom is -0.368 e. The van der Waals surface area contributed by atoms with E-state index in [0.29, 0.717) is 11.4 Å². The lowest BCUT2D eigenvalue weighted by Crippen LogP contribution is -2.46. The first-order valence-corrected chi connectivity index (χ1v) is 12.4. The Bertz CT molecular complexity index is 993. The van der Waals surface area contributed by atoms with E-state index in [1.165, 1.54) is 6.07 Å². The molecule has 1 atom stereocenters. The monoisotopic (exact) mass is 464 g/mol. The van der Waals surface area contributed by atoms with Crippen LogP contribution in [0.4, 0.5) is 11.4 Å². The zero-order valence-electron chi connectivity index (χ0n) is 17.8. The smallest absolute Gasteiger partial charge is 0.243 e. The van der Waals surface area contributed by atoms with Crippen LogP contribution in [0.25, 0.3) is 0 Å². The Morgan fingerprint density at radius 1 is 1.10 bits per heavy atom. The van der Waals surface area contributed by atoms with Crippen molar-refractivity contribution in [1.29, 1.82) is 0 Å². The maximum Gasteiger partial charge on any atom is 0.243 e. The van der Waals surface area contributed by atoms with E-state index in [4.69, 9.17) is 11.6 Å². The van der Waals surface area contributed by atoms with Gasteiger partial charge in [-0.25, -0.2) is 13.1 Å². The second kappa shape index (κ2) is 10.5. The van der Waals surface area contributed by atoms with Crippen LogP contribution in [-0.4, -0.2) is 57.8 Å². The lowest BCUT2D eigenvalue weighted by Gasteiger charge is -2.36. The van der Waals surface area contributed by atoms with Crippen molar-refractivity contribution in [2.75, 3.05) is 48.8 Å². The third-order valence-corrected chi connectivity index (χ3v) is 7.26. The van der Waals surface area contributed by atoms with E-state index in [9.17, 15) is 13.2 Å². The van der Waals surface area contributed by atoms with E-state index in [-0.39, 0.29) is 16.7 Å². The number of benzene rings is 2. The maximum absolute atomic E-state index is 13.4. The molecule has 9 heteroatoms. The van der Waals surface area contributed by atoms with Crippen molar-refractivity contribution in [3.8, 4) is 0 Å². The molecular formula is C22H29ClN4O3S. The average molecular weight is 465 g/mol. The van der Waals surface area contributed by atoms with Gasteiger partial charge in [-0.3, -0.25) is 4.79 Å². The van der Waals surface area contributed by atoms with Crippen LogP contribution in [0.15, 0.2) is 53.4 Å². The van der Waals surface area contributed by atoms with Crippen LogP contribution in [0.1, 0.15) is 25.5 Å². The normalized spacial score (nSPS) is 16.2. The summed E-state index contributed by atoms with van der Waals surface area (Å²) < 4.78 is 29.6. The number of carbonyl (C=O) groups excluding carboxylic acids is 1. The Labute approximate surface area is 189 Å². The molecule has 31 heavy (non-hydrogen) atoms. The number of alkyl halides is 1. The van der Waals surface area contributed by atoms with Gasteiger partial charge in [-0.1, -0.05) is 37.3 Å². The highest BCUT2D eigenvalue weighted by atomic mass is 35.5. The van der Waals surface area contributed by atoms with Gasteiger partial charge in [-0.05, 0) is 37.2 Å². The van der Waals surface area contributed by atoms with Crippen LogP contribution in [0.2, 0.25) is 0 Å². The standard InChI is InChI=1S/C22H29ClN4O3S/c1-3-26-11-13-27(14-12-26)20-10-9-19(24-22(28)16-23)15-21(20)31(29,30)25-17(2)18-7-5-4-6-8-18/h4-10,15,17,25H,3,11-14,16H2,1-2H3,(H,24,28)/t17-/m0/s1. The van der Waals surface area contributed by atoms with Gasteiger partial charge in [0.05, 0.1) is 5.69 Å². The molecule has 0 unspecified atom stereocenters. The molecule has 3 rings (SSSR count).